The van der Waals surface area contributed by atoms with Crippen LogP contribution in [0.25, 0.3) is 0 Å². The summed E-state index contributed by atoms with van der Waals surface area (Å²) in [5.74, 6) is 1.01. The van der Waals surface area contributed by atoms with E-state index in [1.807, 2.05) is 6.07 Å². The fourth-order valence-electron chi connectivity index (χ4n) is 2.56. The molecule has 1 fully saturated rings. The zero-order valence-electron chi connectivity index (χ0n) is 9.71. The van der Waals surface area contributed by atoms with Gasteiger partial charge in [-0.15, -0.1) is 0 Å². The molecule has 88 valence electrons. The number of hydrogen-bond acceptors (Lipinski definition) is 1. The van der Waals surface area contributed by atoms with Crippen molar-refractivity contribution in [2.24, 2.45) is 11.8 Å². The van der Waals surface area contributed by atoms with E-state index in [0.717, 1.165) is 18.8 Å². The summed E-state index contributed by atoms with van der Waals surface area (Å²) in [4.78, 5) is 2.25. The van der Waals surface area contributed by atoms with E-state index in [2.05, 4.69) is 18.7 Å². The zero-order chi connectivity index (χ0) is 11.7. The second kappa shape index (κ2) is 4.62. The standard InChI is InChI=1S/C13H17ClFN/c1-9-5-10(2)8-16(7-9)11-3-4-12(14)13(15)6-11/h3-4,6,9-10H,5,7-8H2,1-2H3. The van der Waals surface area contributed by atoms with E-state index in [1.165, 1.54) is 12.5 Å². The highest BCUT2D eigenvalue weighted by molar-refractivity contribution is 6.30. The molecule has 0 amide bonds. The Labute approximate surface area is 101 Å². The van der Waals surface area contributed by atoms with Gasteiger partial charge in [0.1, 0.15) is 5.82 Å². The molecule has 1 aliphatic rings. The Hall–Kier alpha value is -0.760. The van der Waals surface area contributed by atoms with Crippen LogP contribution < -0.4 is 4.90 Å². The van der Waals surface area contributed by atoms with Crippen LogP contribution in [-0.2, 0) is 0 Å². The van der Waals surface area contributed by atoms with E-state index in [-0.39, 0.29) is 10.8 Å². The third-order valence-corrected chi connectivity index (χ3v) is 3.44. The maximum Gasteiger partial charge on any atom is 0.143 e. The van der Waals surface area contributed by atoms with Gasteiger partial charge < -0.3 is 4.90 Å². The summed E-state index contributed by atoms with van der Waals surface area (Å²) in [6.45, 7) is 6.50. The molecule has 0 saturated carbocycles. The Morgan fingerprint density at radius 1 is 1.25 bits per heavy atom. The van der Waals surface area contributed by atoms with E-state index >= 15 is 0 Å². The first-order valence-electron chi connectivity index (χ1n) is 5.76. The van der Waals surface area contributed by atoms with Gasteiger partial charge in [0.15, 0.2) is 0 Å². The number of halogens is 2. The highest BCUT2D eigenvalue weighted by Crippen LogP contribution is 2.28. The first-order valence-corrected chi connectivity index (χ1v) is 6.14. The molecular weight excluding hydrogens is 225 g/mol. The number of benzene rings is 1. The van der Waals surface area contributed by atoms with Crippen LogP contribution in [0.15, 0.2) is 18.2 Å². The van der Waals surface area contributed by atoms with Crippen LogP contribution in [0.3, 0.4) is 0 Å². The van der Waals surface area contributed by atoms with Crippen LogP contribution >= 0.6 is 11.6 Å². The van der Waals surface area contributed by atoms with Crippen LogP contribution in [0, 0.1) is 17.7 Å². The maximum absolute atomic E-state index is 13.4. The van der Waals surface area contributed by atoms with Gasteiger partial charge in [-0.05, 0) is 36.5 Å². The Bertz CT molecular complexity index is 370. The van der Waals surface area contributed by atoms with Gasteiger partial charge in [0, 0.05) is 18.8 Å². The molecule has 2 unspecified atom stereocenters. The summed E-state index contributed by atoms with van der Waals surface area (Å²) in [5.41, 5.74) is 0.945. The molecule has 1 saturated heterocycles. The van der Waals surface area contributed by atoms with Crippen LogP contribution in [0.4, 0.5) is 10.1 Å². The van der Waals surface area contributed by atoms with Crippen molar-refractivity contribution in [2.45, 2.75) is 20.3 Å². The average molecular weight is 242 g/mol. The molecule has 1 aliphatic heterocycles. The topological polar surface area (TPSA) is 3.24 Å². The number of piperidine rings is 1. The number of hydrogen-bond donors (Lipinski definition) is 0. The molecule has 1 heterocycles. The smallest absolute Gasteiger partial charge is 0.143 e. The van der Waals surface area contributed by atoms with Crippen LogP contribution in [0.2, 0.25) is 5.02 Å². The van der Waals surface area contributed by atoms with Crippen molar-refractivity contribution in [1.29, 1.82) is 0 Å². The predicted octanol–water partition coefficient (Wildman–Crippen LogP) is 3.96. The molecular formula is C13H17ClFN. The Morgan fingerprint density at radius 3 is 2.44 bits per heavy atom. The third-order valence-electron chi connectivity index (χ3n) is 3.14. The lowest BCUT2D eigenvalue weighted by Crippen LogP contribution is -2.38. The summed E-state index contributed by atoms with van der Waals surface area (Å²) in [5, 5.41) is 0.196. The molecule has 0 radical (unpaired) electrons. The summed E-state index contributed by atoms with van der Waals surface area (Å²) in [6.07, 6.45) is 1.26. The van der Waals surface area contributed by atoms with Gasteiger partial charge in [-0.2, -0.15) is 0 Å². The average Bonchev–Trinajstić information content (AvgIpc) is 2.20. The monoisotopic (exact) mass is 241 g/mol. The van der Waals surface area contributed by atoms with E-state index in [0.29, 0.717) is 11.8 Å². The van der Waals surface area contributed by atoms with Crippen molar-refractivity contribution in [3.8, 4) is 0 Å². The zero-order valence-corrected chi connectivity index (χ0v) is 10.5. The van der Waals surface area contributed by atoms with Gasteiger partial charge >= 0.3 is 0 Å². The Kier molecular flexibility index (Phi) is 3.38. The lowest BCUT2D eigenvalue weighted by Gasteiger charge is -2.36. The minimum atomic E-state index is -0.329. The predicted molar refractivity (Wildman–Crippen MR) is 66.6 cm³/mol. The molecule has 16 heavy (non-hydrogen) atoms. The molecule has 0 N–H and O–H groups in total. The van der Waals surface area contributed by atoms with E-state index < -0.39 is 0 Å². The molecule has 0 aliphatic carbocycles. The van der Waals surface area contributed by atoms with Gasteiger partial charge in [-0.25, -0.2) is 4.39 Å². The van der Waals surface area contributed by atoms with Crippen molar-refractivity contribution in [3.63, 3.8) is 0 Å². The Balaban J connectivity index is 2.19. The van der Waals surface area contributed by atoms with Crippen LogP contribution in [0.5, 0.6) is 0 Å². The van der Waals surface area contributed by atoms with Gasteiger partial charge in [-0.1, -0.05) is 25.4 Å². The summed E-state index contributed by atoms with van der Waals surface area (Å²) < 4.78 is 13.4. The van der Waals surface area contributed by atoms with Gasteiger partial charge in [0.2, 0.25) is 0 Å². The van der Waals surface area contributed by atoms with E-state index in [1.54, 1.807) is 6.07 Å². The third kappa shape index (κ3) is 2.49. The highest BCUT2D eigenvalue weighted by atomic mass is 35.5. The molecule has 0 aromatic heterocycles. The first-order chi connectivity index (χ1) is 7.56. The minimum Gasteiger partial charge on any atom is -0.371 e. The van der Waals surface area contributed by atoms with Crippen molar-refractivity contribution in [2.75, 3.05) is 18.0 Å². The highest BCUT2D eigenvalue weighted by Gasteiger charge is 2.22. The summed E-state index contributed by atoms with van der Waals surface area (Å²) >= 11 is 5.68. The van der Waals surface area contributed by atoms with E-state index in [9.17, 15) is 4.39 Å². The lowest BCUT2D eigenvalue weighted by atomic mass is 9.91. The molecule has 1 aromatic rings. The normalized spacial score (nSPS) is 25.9. The largest absolute Gasteiger partial charge is 0.371 e. The van der Waals surface area contributed by atoms with Gasteiger partial charge in [-0.3, -0.25) is 0 Å². The fourth-order valence-corrected chi connectivity index (χ4v) is 2.67. The Morgan fingerprint density at radius 2 is 1.88 bits per heavy atom. The molecule has 2 atom stereocenters. The molecule has 2 rings (SSSR count). The van der Waals surface area contributed by atoms with Crippen LogP contribution in [-0.4, -0.2) is 13.1 Å². The quantitative estimate of drug-likeness (QED) is 0.719. The van der Waals surface area contributed by atoms with Crippen molar-refractivity contribution < 1.29 is 4.39 Å². The second-order valence-corrected chi connectivity index (χ2v) is 5.36. The first kappa shape index (κ1) is 11.7. The van der Waals surface area contributed by atoms with Crippen molar-refractivity contribution in [3.05, 3.63) is 29.0 Å². The lowest BCUT2D eigenvalue weighted by molar-refractivity contribution is 0.356. The fraction of sp³-hybridized carbons (Fsp3) is 0.538. The summed E-state index contributed by atoms with van der Waals surface area (Å²) in [6, 6.07) is 5.07. The molecule has 3 heteroatoms. The number of anilines is 1. The number of rotatable bonds is 1. The molecule has 1 aromatic carbocycles. The molecule has 0 bridgehead atoms. The molecule has 0 spiro atoms. The van der Waals surface area contributed by atoms with Crippen LogP contribution in [0.1, 0.15) is 20.3 Å². The molecule has 1 nitrogen and oxygen atoms in total. The minimum absolute atomic E-state index is 0.196. The maximum atomic E-state index is 13.4. The van der Waals surface area contributed by atoms with Crippen molar-refractivity contribution in [1.82, 2.24) is 0 Å². The second-order valence-electron chi connectivity index (χ2n) is 4.95. The number of nitrogens with zero attached hydrogens (tertiary/aromatic N) is 1. The van der Waals surface area contributed by atoms with Gasteiger partial charge in [0.05, 0.1) is 5.02 Å². The van der Waals surface area contributed by atoms with Gasteiger partial charge in [0.25, 0.3) is 0 Å². The summed E-state index contributed by atoms with van der Waals surface area (Å²) in [7, 11) is 0. The SMILES string of the molecule is CC1CC(C)CN(c2ccc(Cl)c(F)c2)C1. The van der Waals surface area contributed by atoms with E-state index in [4.69, 9.17) is 11.6 Å². The van der Waals surface area contributed by atoms with Crippen molar-refractivity contribution >= 4 is 17.3 Å².